The maximum absolute atomic E-state index is 12.0. The maximum Gasteiger partial charge on any atom is 0.322 e. The summed E-state index contributed by atoms with van der Waals surface area (Å²) in [4.78, 5) is 11.5. The molecule has 25 heavy (non-hydrogen) atoms. The van der Waals surface area contributed by atoms with E-state index >= 15 is 0 Å². The minimum Gasteiger partial charge on any atom is -0.480 e. The molecule has 0 fully saturated rings. The number of unbranched alkanes of at least 4 members (excludes halogenated alkanes) is 9. The molecule has 7 heteroatoms. The molecule has 0 saturated carbocycles. The largest absolute Gasteiger partial charge is 0.480 e. The molecule has 0 rings (SSSR count). The molecule has 0 radical (unpaired) electrons. The highest BCUT2D eigenvalue weighted by Gasteiger charge is 2.31. The third-order valence-electron chi connectivity index (χ3n) is 4.39. The Bertz CT molecular complexity index is 440. The molecule has 0 spiro atoms. The van der Waals surface area contributed by atoms with Crippen LogP contribution in [0, 0.1) is 0 Å². The molecule has 0 bridgehead atoms. The van der Waals surface area contributed by atoms with Crippen LogP contribution in [0.1, 0.15) is 77.6 Å². The van der Waals surface area contributed by atoms with Crippen LogP contribution in [0.4, 0.5) is 0 Å². The van der Waals surface area contributed by atoms with Gasteiger partial charge in [-0.1, -0.05) is 64.7 Å². The van der Waals surface area contributed by atoms with E-state index in [1.165, 1.54) is 61.0 Å². The van der Waals surface area contributed by atoms with Gasteiger partial charge in [0.2, 0.25) is 10.0 Å². The highest BCUT2D eigenvalue weighted by molar-refractivity contribution is 7.98. The first-order chi connectivity index (χ1) is 11.8. The summed E-state index contributed by atoms with van der Waals surface area (Å²) < 4.78 is 25.2. The summed E-state index contributed by atoms with van der Waals surface area (Å²) in [6, 6.07) is -0.944. The Hall–Kier alpha value is -0.270. The van der Waals surface area contributed by atoms with Crippen molar-refractivity contribution in [3.63, 3.8) is 0 Å². The Morgan fingerprint density at radius 1 is 1.00 bits per heavy atom. The monoisotopic (exact) mass is 395 g/mol. The van der Waals surface area contributed by atoms with Crippen LogP contribution in [-0.2, 0) is 14.8 Å². The van der Waals surface area contributed by atoms with E-state index in [1.807, 2.05) is 6.26 Å². The first kappa shape index (κ1) is 24.7. The van der Waals surface area contributed by atoms with E-state index in [9.17, 15) is 18.3 Å². The van der Waals surface area contributed by atoms with Gasteiger partial charge in [0.15, 0.2) is 0 Å². The van der Waals surface area contributed by atoms with Crippen molar-refractivity contribution in [3.05, 3.63) is 0 Å². The van der Waals surface area contributed by atoms with E-state index < -0.39 is 22.0 Å². The number of carbonyl (C=O) groups is 1. The molecule has 0 aliphatic carbocycles. The van der Waals surface area contributed by atoms with Gasteiger partial charge in [-0.3, -0.25) is 4.79 Å². The molecule has 5 nitrogen and oxygen atoms in total. The lowest BCUT2D eigenvalue weighted by atomic mass is 10.1. The van der Waals surface area contributed by atoms with E-state index in [0.29, 0.717) is 18.7 Å². The number of thioether (sulfide) groups is 1. The quantitative estimate of drug-likeness (QED) is 0.370. The zero-order valence-corrected chi connectivity index (χ0v) is 17.8. The van der Waals surface area contributed by atoms with E-state index in [4.69, 9.17) is 0 Å². The van der Waals surface area contributed by atoms with Crippen LogP contribution in [0.2, 0.25) is 0 Å². The van der Waals surface area contributed by atoms with Gasteiger partial charge in [0.1, 0.15) is 6.04 Å². The fourth-order valence-electron chi connectivity index (χ4n) is 2.93. The second-order valence-corrected chi connectivity index (χ2v) is 9.61. The van der Waals surface area contributed by atoms with Crippen LogP contribution in [0.5, 0.6) is 0 Å². The van der Waals surface area contributed by atoms with Gasteiger partial charge in [-0.05, 0) is 24.9 Å². The molecule has 1 atom stereocenters. The average Bonchev–Trinajstić information content (AvgIpc) is 2.53. The lowest BCUT2D eigenvalue weighted by molar-refractivity contribution is -0.141. The van der Waals surface area contributed by atoms with E-state index in [0.717, 1.165) is 25.5 Å². The van der Waals surface area contributed by atoms with Gasteiger partial charge in [-0.15, -0.1) is 0 Å². The Morgan fingerprint density at radius 2 is 1.48 bits per heavy atom. The molecule has 0 aliphatic heterocycles. The zero-order valence-electron chi connectivity index (χ0n) is 16.2. The lowest BCUT2D eigenvalue weighted by Crippen LogP contribution is -2.45. The van der Waals surface area contributed by atoms with Gasteiger partial charge in [0.05, 0.1) is 6.26 Å². The molecular weight excluding hydrogens is 358 g/mol. The number of carboxylic acids is 1. The van der Waals surface area contributed by atoms with Crippen LogP contribution in [0.25, 0.3) is 0 Å². The number of hydrogen-bond acceptors (Lipinski definition) is 4. The fraction of sp³-hybridized carbons (Fsp3) is 0.944. The standard InChI is InChI=1S/C18H37NO4S2/c1-4-5-6-7-8-9-10-11-12-13-15-19(25(3,22)23)17(18(20)21)14-16-24-2/h17H,4-16H2,1-3H3,(H,20,21)/t17-/m0/s1. The van der Waals surface area contributed by atoms with Crippen molar-refractivity contribution >= 4 is 27.8 Å². The summed E-state index contributed by atoms with van der Waals surface area (Å²) in [5.41, 5.74) is 0. The third-order valence-corrected chi connectivity index (χ3v) is 6.32. The molecule has 1 N–H and O–H groups in total. The maximum atomic E-state index is 12.0. The summed E-state index contributed by atoms with van der Waals surface area (Å²) in [5, 5.41) is 9.38. The topological polar surface area (TPSA) is 74.7 Å². The predicted molar refractivity (Wildman–Crippen MR) is 108 cm³/mol. The number of sulfonamides is 1. The molecule has 0 aromatic rings. The van der Waals surface area contributed by atoms with E-state index in [2.05, 4.69) is 6.92 Å². The number of rotatable bonds is 17. The Labute approximate surface area is 159 Å². The van der Waals surface area contributed by atoms with Crippen molar-refractivity contribution in [2.24, 2.45) is 0 Å². The highest BCUT2D eigenvalue weighted by Crippen LogP contribution is 2.16. The van der Waals surface area contributed by atoms with Gasteiger partial charge in [0.25, 0.3) is 0 Å². The molecule has 0 saturated heterocycles. The van der Waals surface area contributed by atoms with Gasteiger partial charge < -0.3 is 5.11 Å². The second kappa shape index (κ2) is 14.9. The molecule has 0 unspecified atom stereocenters. The first-order valence-corrected chi connectivity index (χ1v) is 12.8. The predicted octanol–water partition coefficient (Wildman–Crippen LogP) is 4.38. The van der Waals surface area contributed by atoms with Crippen molar-refractivity contribution in [3.8, 4) is 0 Å². The number of hydrogen-bond donors (Lipinski definition) is 1. The van der Waals surface area contributed by atoms with Gasteiger partial charge in [-0.2, -0.15) is 16.1 Å². The van der Waals surface area contributed by atoms with Crippen molar-refractivity contribution in [1.82, 2.24) is 4.31 Å². The minimum atomic E-state index is -3.51. The van der Waals surface area contributed by atoms with Crippen molar-refractivity contribution in [1.29, 1.82) is 0 Å². The van der Waals surface area contributed by atoms with Crippen LogP contribution >= 0.6 is 11.8 Å². The molecule has 0 aromatic heterocycles. The molecular formula is C18H37NO4S2. The fourth-order valence-corrected chi connectivity index (χ4v) is 4.51. The van der Waals surface area contributed by atoms with E-state index in [-0.39, 0.29) is 0 Å². The van der Waals surface area contributed by atoms with Gasteiger partial charge in [0, 0.05) is 6.54 Å². The smallest absolute Gasteiger partial charge is 0.322 e. The summed E-state index contributed by atoms with van der Waals surface area (Å²) in [5.74, 6) is -0.410. The summed E-state index contributed by atoms with van der Waals surface area (Å²) in [7, 11) is -3.51. The summed E-state index contributed by atoms with van der Waals surface area (Å²) >= 11 is 1.53. The molecule has 0 aromatic carbocycles. The number of carboxylic acid groups (broad SMARTS) is 1. The molecule has 150 valence electrons. The van der Waals surface area contributed by atoms with E-state index in [1.54, 1.807) is 0 Å². The normalized spacial score (nSPS) is 13.3. The first-order valence-electron chi connectivity index (χ1n) is 9.53. The van der Waals surface area contributed by atoms with Gasteiger partial charge >= 0.3 is 5.97 Å². The number of nitrogens with zero attached hydrogens (tertiary/aromatic N) is 1. The number of aliphatic carboxylic acids is 1. The Balaban J connectivity index is 4.15. The second-order valence-electron chi connectivity index (χ2n) is 6.69. The van der Waals surface area contributed by atoms with Gasteiger partial charge in [-0.25, -0.2) is 8.42 Å². The van der Waals surface area contributed by atoms with Crippen LogP contribution in [-0.4, -0.2) is 54.6 Å². The lowest BCUT2D eigenvalue weighted by Gasteiger charge is -2.26. The zero-order chi connectivity index (χ0) is 19.1. The summed E-state index contributed by atoms with van der Waals surface area (Å²) in [6.07, 6.45) is 15.1. The van der Waals surface area contributed by atoms with Crippen molar-refractivity contribution < 1.29 is 18.3 Å². The Kier molecular flexibility index (Phi) is 14.7. The third kappa shape index (κ3) is 12.7. The molecule has 0 heterocycles. The Morgan fingerprint density at radius 3 is 1.88 bits per heavy atom. The van der Waals surface area contributed by atoms with Crippen LogP contribution in [0.3, 0.4) is 0 Å². The molecule has 0 aliphatic rings. The average molecular weight is 396 g/mol. The van der Waals surface area contributed by atoms with Crippen molar-refractivity contribution in [2.75, 3.05) is 24.8 Å². The SMILES string of the molecule is CCCCCCCCCCCCN([C@@H](CCSC)C(=O)O)S(C)(=O)=O. The van der Waals surface area contributed by atoms with Crippen LogP contribution < -0.4 is 0 Å². The van der Waals surface area contributed by atoms with Crippen molar-refractivity contribution in [2.45, 2.75) is 83.6 Å². The summed E-state index contributed by atoms with van der Waals surface area (Å²) in [6.45, 7) is 2.52. The van der Waals surface area contributed by atoms with Crippen LogP contribution in [0.15, 0.2) is 0 Å². The minimum absolute atomic E-state index is 0.306. The molecule has 0 amide bonds. The highest BCUT2D eigenvalue weighted by atomic mass is 32.2.